The summed E-state index contributed by atoms with van der Waals surface area (Å²) in [6.45, 7) is 0. The van der Waals surface area contributed by atoms with E-state index in [0.29, 0.717) is 0 Å². The third-order valence-electron chi connectivity index (χ3n) is 10.5. The predicted octanol–water partition coefficient (Wildman–Crippen LogP) is 13.4. The minimum atomic E-state index is 1.03. The van der Waals surface area contributed by atoms with Gasteiger partial charge in [0.2, 0.25) is 0 Å². The molecule has 0 spiro atoms. The van der Waals surface area contributed by atoms with Crippen LogP contribution in [0.1, 0.15) is 12.8 Å². The quantitative estimate of drug-likeness (QED) is 0.170. The van der Waals surface area contributed by atoms with Gasteiger partial charge in [-0.2, -0.15) is 0 Å². The van der Waals surface area contributed by atoms with Crippen LogP contribution in [0.15, 0.2) is 182 Å². The zero-order valence-corrected chi connectivity index (χ0v) is 28.1. The Morgan fingerprint density at radius 2 is 0.980 bits per heavy atom. The molecule has 2 aromatic heterocycles. The molecule has 2 heteroatoms. The molecule has 0 radical (unpaired) electrons. The van der Waals surface area contributed by atoms with Crippen LogP contribution in [0.25, 0.3) is 93.6 Å². The van der Waals surface area contributed by atoms with Crippen LogP contribution in [0.3, 0.4) is 0 Å². The first-order chi connectivity index (χ1) is 25.3. The first-order valence-corrected chi connectivity index (χ1v) is 17.8. The van der Waals surface area contributed by atoms with Crippen molar-refractivity contribution in [2.45, 2.75) is 12.8 Å². The van der Waals surface area contributed by atoms with E-state index in [4.69, 9.17) is 0 Å². The normalized spacial score (nSPS) is 13.0. The summed E-state index contributed by atoms with van der Waals surface area (Å²) in [6, 6.07) is 55.6. The van der Waals surface area contributed by atoms with Gasteiger partial charge in [-0.05, 0) is 109 Å². The molecule has 0 unspecified atom stereocenters. The molecule has 0 atom stereocenters. The fraction of sp³-hybridized carbons (Fsp3) is 0.0408. The molecule has 51 heavy (non-hydrogen) atoms. The summed E-state index contributed by atoms with van der Waals surface area (Å²) in [6.07, 6.45) is 12.7. The molecule has 0 saturated heterocycles. The highest BCUT2D eigenvalue weighted by Gasteiger charge is 2.18. The predicted molar refractivity (Wildman–Crippen MR) is 217 cm³/mol. The highest BCUT2D eigenvalue weighted by Crippen LogP contribution is 2.45. The van der Waals surface area contributed by atoms with Gasteiger partial charge in [-0.3, -0.25) is 4.98 Å². The first-order valence-electron chi connectivity index (χ1n) is 17.8. The number of benzene rings is 7. The Morgan fingerprint density at radius 1 is 0.431 bits per heavy atom. The molecular formula is C49H34N2. The number of allylic oxidation sites excluding steroid dienone is 4. The molecule has 1 aliphatic carbocycles. The van der Waals surface area contributed by atoms with Crippen molar-refractivity contribution in [3.05, 3.63) is 182 Å². The molecule has 0 aliphatic heterocycles. The Bertz CT molecular complexity index is 2820. The van der Waals surface area contributed by atoms with Crippen LogP contribution in [0.5, 0.6) is 0 Å². The van der Waals surface area contributed by atoms with Crippen LogP contribution in [-0.2, 0) is 0 Å². The summed E-state index contributed by atoms with van der Waals surface area (Å²) < 4.78 is 2.42. The van der Waals surface area contributed by atoms with E-state index in [1.807, 2.05) is 12.4 Å². The van der Waals surface area contributed by atoms with Crippen LogP contribution in [0.2, 0.25) is 0 Å². The largest absolute Gasteiger partial charge is 0.313 e. The fourth-order valence-corrected chi connectivity index (χ4v) is 8.18. The number of nitrogens with zero attached hydrogens (tertiary/aromatic N) is 2. The van der Waals surface area contributed by atoms with Gasteiger partial charge in [-0.25, -0.2) is 0 Å². The number of hydrogen-bond acceptors (Lipinski definition) is 1. The van der Waals surface area contributed by atoms with Gasteiger partial charge in [0.05, 0.1) is 11.0 Å². The molecule has 7 aromatic carbocycles. The summed E-state index contributed by atoms with van der Waals surface area (Å²) in [5.74, 6) is 0. The molecule has 0 saturated carbocycles. The van der Waals surface area contributed by atoms with Crippen molar-refractivity contribution in [3.63, 3.8) is 0 Å². The second-order valence-electron chi connectivity index (χ2n) is 13.5. The smallest absolute Gasteiger partial charge is 0.0568 e. The van der Waals surface area contributed by atoms with Crippen molar-refractivity contribution in [1.82, 2.24) is 9.55 Å². The monoisotopic (exact) mass is 650 g/mol. The molecule has 240 valence electrons. The molecule has 9 aromatic rings. The highest BCUT2D eigenvalue weighted by molar-refractivity contribution is 6.22. The number of pyridine rings is 1. The molecule has 10 rings (SSSR count). The highest BCUT2D eigenvalue weighted by atomic mass is 15.0. The Morgan fingerprint density at radius 3 is 1.63 bits per heavy atom. The molecular weight excluding hydrogens is 617 g/mol. The van der Waals surface area contributed by atoms with Gasteiger partial charge < -0.3 is 4.57 Å². The van der Waals surface area contributed by atoms with Crippen LogP contribution in [-0.4, -0.2) is 9.55 Å². The van der Waals surface area contributed by atoms with E-state index in [1.54, 1.807) is 0 Å². The van der Waals surface area contributed by atoms with Crippen molar-refractivity contribution in [3.8, 4) is 44.5 Å². The maximum atomic E-state index is 4.51. The minimum absolute atomic E-state index is 1.03. The van der Waals surface area contributed by atoms with Gasteiger partial charge in [0, 0.05) is 28.9 Å². The van der Waals surface area contributed by atoms with E-state index in [0.717, 1.165) is 12.8 Å². The molecule has 2 nitrogen and oxygen atoms in total. The minimum Gasteiger partial charge on any atom is -0.313 e. The van der Waals surface area contributed by atoms with Gasteiger partial charge in [0.1, 0.15) is 0 Å². The maximum absolute atomic E-state index is 4.51. The van der Waals surface area contributed by atoms with E-state index < -0.39 is 0 Å². The van der Waals surface area contributed by atoms with Crippen molar-refractivity contribution in [2.75, 3.05) is 0 Å². The van der Waals surface area contributed by atoms with Crippen molar-refractivity contribution >= 4 is 49.0 Å². The zero-order chi connectivity index (χ0) is 33.7. The van der Waals surface area contributed by atoms with Gasteiger partial charge in [0.25, 0.3) is 0 Å². The Labute approximate surface area is 297 Å². The molecule has 0 N–H and O–H groups in total. The zero-order valence-electron chi connectivity index (χ0n) is 28.1. The van der Waals surface area contributed by atoms with Crippen molar-refractivity contribution < 1.29 is 0 Å². The van der Waals surface area contributed by atoms with Gasteiger partial charge >= 0.3 is 0 Å². The number of rotatable bonds is 5. The molecule has 0 fully saturated rings. The lowest BCUT2D eigenvalue weighted by molar-refractivity contribution is 0.979. The molecule has 0 amide bonds. The summed E-state index contributed by atoms with van der Waals surface area (Å²) in [5, 5.41) is 7.50. The number of fused-ring (bicyclic) bond motifs is 5. The second kappa shape index (κ2) is 12.1. The van der Waals surface area contributed by atoms with E-state index in [-0.39, 0.29) is 0 Å². The van der Waals surface area contributed by atoms with Gasteiger partial charge in [-0.15, -0.1) is 0 Å². The second-order valence-corrected chi connectivity index (χ2v) is 13.5. The van der Waals surface area contributed by atoms with Crippen molar-refractivity contribution in [1.29, 1.82) is 0 Å². The topological polar surface area (TPSA) is 17.8 Å². The van der Waals surface area contributed by atoms with E-state index in [2.05, 4.69) is 179 Å². The third-order valence-corrected chi connectivity index (χ3v) is 10.5. The maximum Gasteiger partial charge on any atom is 0.0568 e. The number of hydrogen-bond donors (Lipinski definition) is 0. The van der Waals surface area contributed by atoms with Gasteiger partial charge in [0.15, 0.2) is 0 Å². The average Bonchev–Trinajstić information content (AvgIpc) is 3.54. The SMILES string of the molecule is C1=CCCC(n2c3ccncc3c3cc(-c4ccc(-c5ccc6c(-c7ccccc7)c7ccccc7c(-c7ccccc7)c6c5)cc4)ccc32)=C1. The lowest BCUT2D eigenvalue weighted by Crippen LogP contribution is -1.98. The third kappa shape index (κ3) is 4.91. The van der Waals surface area contributed by atoms with Crippen LogP contribution >= 0.6 is 0 Å². The molecule has 2 heterocycles. The average molecular weight is 651 g/mol. The fourth-order valence-electron chi connectivity index (χ4n) is 8.18. The Kier molecular flexibility index (Phi) is 6.99. The van der Waals surface area contributed by atoms with Crippen LogP contribution < -0.4 is 0 Å². The summed E-state index contributed by atoms with van der Waals surface area (Å²) in [7, 11) is 0. The molecule has 1 aliphatic rings. The number of aromatic nitrogens is 2. The summed E-state index contributed by atoms with van der Waals surface area (Å²) in [4.78, 5) is 4.51. The van der Waals surface area contributed by atoms with E-state index in [1.165, 1.54) is 93.6 Å². The van der Waals surface area contributed by atoms with Crippen LogP contribution in [0.4, 0.5) is 0 Å². The lowest BCUT2D eigenvalue weighted by Gasteiger charge is -2.18. The summed E-state index contributed by atoms with van der Waals surface area (Å²) in [5.41, 5.74) is 13.6. The molecule has 0 bridgehead atoms. The van der Waals surface area contributed by atoms with Crippen molar-refractivity contribution in [2.24, 2.45) is 0 Å². The summed E-state index contributed by atoms with van der Waals surface area (Å²) >= 11 is 0. The Hall–Kier alpha value is -6.51. The lowest BCUT2D eigenvalue weighted by atomic mass is 9.85. The Balaban J connectivity index is 1.11. The van der Waals surface area contributed by atoms with E-state index in [9.17, 15) is 0 Å². The van der Waals surface area contributed by atoms with Crippen LogP contribution in [0, 0.1) is 0 Å². The first kappa shape index (κ1) is 29.4. The van der Waals surface area contributed by atoms with Gasteiger partial charge in [-0.1, -0.05) is 140 Å². The standard InChI is InChI=1S/C49H34N2/c1-4-12-35(13-5-1)48-40-18-10-11-19-41(40)49(36-14-6-2-7-15-36)44-31-37(24-26-42(44)48)33-20-22-34(23-21-33)38-25-27-46-43(30-38)45-32-50-29-28-47(45)51(46)39-16-8-3-9-17-39/h1-8,10-16,18-32H,9,17H2. The van der Waals surface area contributed by atoms with E-state index >= 15 is 0 Å².